The Morgan fingerprint density at radius 1 is 1.29 bits per heavy atom. The highest BCUT2D eigenvalue weighted by molar-refractivity contribution is 7.08. The fourth-order valence-corrected chi connectivity index (χ4v) is 3.80. The lowest BCUT2D eigenvalue weighted by Crippen LogP contribution is -2.46. The van der Waals surface area contributed by atoms with E-state index in [-0.39, 0.29) is 12.3 Å². The summed E-state index contributed by atoms with van der Waals surface area (Å²) in [5.74, 6) is -0.703. The summed E-state index contributed by atoms with van der Waals surface area (Å²) in [7, 11) is 0. The quantitative estimate of drug-likeness (QED) is 0.873. The number of para-hydroxylation sites is 1. The van der Waals surface area contributed by atoms with Gasteiger partial charge in [0.25, 0.3) is 0 Å². The Morgan fingerprint density at radius 3 is 2.75 bits per heavy atom. The second-order valence-electron chi connectivity index (χ2n) is 5.73. The molecule has 2 atom stereocenters. The van der Waals surface area contributed by atoms with Crippen molar-refractivity contribution in [2.75, 3.05) is 13.2 Å². The summed E-state index contributed by atoms with van der Waals surface area (Å²) in [4.78, 5) is 25.7. The highest BCUT2D eigenvalue weighted by Crippen LogP contribution is 2.37. The number of thiophene rings is 1. The number of carboxylic acid groups (broad SMARTS) is 1. The second kappa shape index (κ2) is 7.49. The van der Waals surface area contributed by atoms with Crippen LogP contribution in [-0.4, -0.2) is 35.0 Å². The minimum Gasteiger partial charge on any atom is -0.492 e. The molecule has 24 heavy (non-hydrogen) atoms. The molecular weight excluding hydrogens is 326 g/mol. The molecule has 1 N–H and O–H groups in total. The first-order valence-corrected chi connectivity index (χ1v) is 8.83. The summed E-state index contributed by atoms with van der Waals surface area (Å²) in [6.45, 7) is 0.709. The van der Waals surface area contributed by atoms with Crippen molar-refractivity contribution in [1.29, 1.82) is 0 Å². The number of carbonyl (C=O) groups excluding carboxylic acids is 1. The van der Waals surface area contributed by atoms with E-state index >= 15 is 0 Å². The van der Waals surface area contributed by atoms with Gasteiger partial charge in [0.2, 0.25) is 5.91 Å². The Hall–Kier alpha value is -2.34. The van der Waals surface area contributed by atoms with Crippen molar-refractivity contribution in [3.63, 3.8) is 0 Å². The number of nitrogens with zero attached hydrogens (tertiary/aromatic N) is 1. The molecule has 1 saturated heterocycles. The van der Waals surface area contributed by atoms with Gasteiger partial charge in [-0.15, -0.1) is 0 Å². The van der Waals surface area contributed by atoms with Crippen LogP contribution in [0.2, 0.25) is 0 Å². The predicted octanol–water partition coefficient (Wildman–Crippen LogP) is 3.19. The molecular formula is C18H19NO4S. The van der Waals surface area contributed by atoms with Crippen molar-refractivity contribution in [3.05, 3.63) is 52.7 Å². The van der Waals surface area contributed by atoms with E-state index in [2.05, 4.69) is 0 Å². The number of benzene rings is 1. The van der Waals surface area contributed by atoms with Gasteiger partial charge in [-0.1, -0.05) is 18.2 Å². The molecule has 1 aliphatic heterocycles. The molecule has 0 unspecified atom stereocenters. The molecule has 5 nitrogen and oxygen atoms in total. The first kappa shape index (κ1) is 16.5. The van der Waals surface area contributed by atoms with Crippen LogP contribution < -0.4 is 4.74 Å². The lowest BCUT2D eigenvalue weighted by atomic mass is 9.85. The van der Waals surface area contributed by atoms with Crippen LogP contribution in [0.4, 0.5) is 0 Å². The van der Waals surface area contributed by atoms with E-state index < -0.39 is 17.9 Å². The molecule has 6 heteroatoms. The number of rotatable bonds is 6. The van der Waals surface area contributed by atoms with E-state index in [4.69, 9.17) is 4.74 Å². The minimum atomic E-state index is -0.854. The number of carbonyl (C=O) groups is 2. The Morgan fingerprint density at radius 2 is 2.08 bits per heavy atom. The second-order valence-corrected chi connectivity index (χ2v) is 6.51. The van der Waals surface area contributed by atoms with Crippen molar-refractivity contribution >= 4 is 23.2 Å². The topological polar surface area (TPSA) is 66.8 Å². The normalized spacial score (nSPS) is 20.8. The van der Waals surface area contributed by atoms with Crippen LogP contribution in [0.1, 0.15) is 24.4 Å². The Balaban J connectivity index is 1.74. The van der Waals surface area contributed by atoms with E-state index in [1.165, 1.54) is 11.3 Å². The van der Waals surface area contributed by atoms with Gasteiger partial charge >= 0.3 is 5.97 Å². The molecule has 3 rings (SSSR count). The number of ether oxygens (including phenoxy) is 1. The Bertz CT molecular complexity index is 686. The van der Waals surface area contributed by atoms with Crippen LogP contribution in [0.3, 0.4) is 0 Å². The zero-order chi connectivity index (χ0) is 16.9. The van der Waals surface area contributed by atoms with Gasteiger partial charge in [0.05, 0.1) is 18.5 Å². The maximum atomic E-state index is 12.4. The van der Waals surface area contributed by atoms with Crippen molar-refractivity contribution in [3.8, 4) is 5.75 Å². The van der Waals surface area contributed by atoms with E-state index in [1.807, 2.05) is 47.2 Å². The lowest BCUT2D eigenvalue weighted by molar-refractivity contribution is -0.152. The summed E-state index contributed by atoms with van der Waals surface area (Å²) in [6.07, 6.45) is 0.646. The van der Waals surface area contributed by atoms with Gasteiger partial charge in [-0.2, -0.15) is 11.3 Å². The van der Waals surface area contributed by atoms with Crippen LogP contribution >= 0.6 is 11.3 Å². The number of carboxylic acids is 1. The fraction of sp³-hybridized carbons (Fsp3) is 0.333. The predicted molar refractivity (Wildman–Crippen MR) is 91.1 cm³/mol. The molecule has 1 aromatic carbocycles. The van der Waals surface area contributed by atoms with Crippen molar-refractivity contribution in [1.82, 2.24) is 4.90 Å². The number of aliphatic carboxylic acids is 1. The number of likely N-dealkylation sites (tertiary alicyclic amines) is 1. The number of hydrogen-bond donors (Lipinski definition) is 1. The molecule has 1 amide bonds. The van der Waals surface area contributed by atoms with Gasteiger partial charge in [-0.3, -0.25) is 9.59 Å². The third-order valence-corrected chi connectivity index (χ3v) is 4.95. The molecule has 1 aliphatic rings. The average molecular weight is 345 g/mol. The standard InChI is InChI=1S/C18H19NO4S/c20-16-7-6-15(18(21)22)17(13-8-11-24-12-13)19(16)9-10-23-14-4-2-1-3-5-14/h1-5,8,11-12,15,17H,6-7,9-10H2,(H,21,22)/t15-,17+/m0/s1. The summed E-state index contributed by atoms with van der Waals surface area (Å²) in [6, 6.07) is 10.9. The molecule has 2 heterocycles. The van der Waals surface area contributed by atoms with Crippen LogP contribution in [0.25, 0.3) is 0 Å². The third-order valence-electron chi connectivity index (χ3n) is 4.25. The highest BCUT2D eigenvalue weighted by atomic mass is 32.1. The van der Waals surface area contributed by atoms with E-state index in [9.17, 15) is 14.7 Å². The number of amides is 1. The summed E-state index contributed by atoms with van der Waals surface area (Å²) in [5, 5.41) is 13.4. The van der Waals surface area contributed by atoms with Gasteiger partial charge in [-0.05, 0) is 40.9 Å². The van der Waals surface area contributed by atoms with Crippen LogP contribution in [0.15, 0.2) is 47.2 Å². The maximum Gasteiger partial charge on any atom is 0.308 e. The largest absolute Gasteiger partial charge is 0.492 e. The Kier molecular flexibility index (Phi) is 5.15. The monoisotopic (exact) mass is 345 g/mol. The van der Waals surface area contributed by atoms with Gasteiger partial charge in [0, 0.05) is 6.42 Å². The fourth-order valence-electron chi connectivity index (χ4n) is 3.11. The minimum absolute atomic E-state index is 0.0136. The molecule has 1 aromatic heterocycles. The first-order valence-electron chi connectivity index (χ1n) is 7.89. The summed E-state index contributed by atoms with van der Waals surface area (Å²) in [5.41, 5.74) is 0.889. The van der Waals surface area contributed by atoms with E-state index in [0.717, 1.165) is 11.3 Å². The third kappa shape index (κ3) is 3.59. The smallest absolute Gasteiger partial charge is 0.308 e. The summed E-state index contributed by atoms with van der Waals surface area (Å²) < 4.78 is 5.68. The van der Waals surface area contributed by atoms with E-state index in [0.29, 0.717) is 19.6 Å². The maximum absolute atomic E-state index is 12.4. The molecule has 0 saturated carbocycles. The molecule has 0 aliphatic carbocycles. The number of hydrogen-bond acceptors (Lipinski definition) is 4. The van der Waals surface area contributed by atoms with E-state index in [1.54, 1.807) is 4.90 Å². The average Bonchev–Trinajstić information content (AvgIpc) is 3.11. The Labute approximate surface area is 144 Å². The van der Waals surface area contributed by atoms with Crippen molar-refractivity contribution in [2.45, 2.75) is 18.9 Å². The van der Waals surface area contributed by atoms with Gasteiger partial charge in [0.15, 0.2) is 0 Å². The molecule has 1 fully saturated rings. The zero-order valence-electron chi connectivity index (χ0n) is 13.1. The van der Waals surface area contributed by atoms with Crippen LogP contribution in [0, 0.1) is 5.92 Å². The van der Waals surface area contributed by atoms with Gasteiger partial charge in [0.1, 0.15) is 12.4 Å². The molecule has 0 bridgehead atoms. The van der Waals surface area contributed by atoms with Crippen LogP contribution in [-0.2, 0) is 9.59 Å². The number of piperidine rings is 1. The zero-order valence-corrected chi connectivity index (χ0v) is 13.9. The van der Waals surface area contributed by atoms with Crippen molar-refractivity contribution < 1.29 is 19.4 Å². The molecule has 0 radical (unpaired) electrons. The van der Waals surface area contributed by atoms with Crippen molar-refractivity contribution in [2.24, 2.45) is 5.92 Å². The van der Waals surface area contributed by atoms with Gasteiger partial charge in [-0.25, -0.2) is 0 Å². The van der Waals surface area contributed by atoms with Gasteiger partial charge < -0.3 is 14.7 Å². The lowest BCUT2D eigenvalue weighted by Gasteiger charge is -2.39. The highest BCUT2D eigenvalue weighted by Gasteiger charge is 2.40. The molecule has 2 aromatic rings. The molecule has 0 spiro atoms. The first-order chi connectivity index (χ1) is 11.7. The summed E-state index contributed by atoms with van der Waals surface area (Å²) >= 11 is 1.51. The SMILES string of the molecule is O=C(O)[C@H]1CCC(=O)N(CCOc2ccccc2)[C@@H]1c1ccsc1. The molecule has 126 valence electrons. The van der Waals surface area contributed by atoms with Crippen LogP contribution in [0.5, 0.6) is 5.75 Å².